The maximum Gasteiger partial charge on any atom is 0.138 e. The van der Waals surface area contributed by atoms with E-state index in [0.717, 1.165) is 30.3 Å². The van der Waals surface area contributed by atoms with Crippen LogP contribution in [0.15, 0.2) is 46.6 Å². The first kappa shape index (κ1) is 15.8. The number of hydrogen-bond acceptors (Lipinski definition) is 3. The average Bonchev–Trinajstić information content (AvgIpc) is 2.53. The minimum atomic E-state index is -0.747. The Bertz CT molecular complexity index is 671. The molecule has 2 aromatic rings. The van der Waals surface area contributed by atoms with Crippen molar-refractivity contribution in [1.82, 2.24) is 0 Å². The third kappa shape index (κ3) is 3.97. The molecule has 0 bridgehead atoms. The van der Waals surface area contributed by atoms with E-state index in [1.807, 2.05) is 24.3 Å². The first-order chi connectivity index (χ1) is 10.6. The highest BCUT2D eigenvalue weighted by Crippen LogP contribution is 2.19. The number of halogens is 2. The van der Waals surface area contributed by atoms with Crippen LogP contribution in [0.1, 0.15) is 23.6 Å². The fraction of sp³-hybridized carbons (Fsp3) is 0.176. The summed E-state index contributed by atoms with van der Waals surface area (Å²) in [5.41, 5.74) is 1.84. The van der Waals surface area contributed by atoms with Crippen molar-refractivity contribution < 1.29 is 13.5 Å². The van der Waals surface area contributed by atoms with Crippen molar-refractivity contribution in [2.75, 3.05) is 7.11 Å². The van der Waals surface area contributed by atoms with E-state index in [4.69, 9.17) is 4.74 Å². The van der Waals surface area contributed by atoms with Crippen LogP contribution < -0.4 is 4.74 Å². The molecule has 0 aromatic heterocycles. The molecule has 0 aliphatic carbocycles. The summed E-state index contributed by atoms with van der Waals surface area (Å²) >= 11 is 0. The van der Waals surface area contributed by atoms with Gasteiger partial charge in [-0.05, 0) is 17.5 Å². The molecule has 0 fully saturated rings. The van der Waals surface area contributed by atoms with Crippen molar-refractivity contribution in [1.29, 1.82) is 0 Å². The Kier molecular flexibility index (Phi) is 5.36. The second kappa shape index (κ2) is 7.45. The van der Waals surface area contributed by atoms with Gasteiger partial charge in [0.2, 0.25) is 0 Å². The third-order valence-electron chi connectivity index (χ3n) is 3.14. The zero-order valence-corrected chi connectivity index (χ0v) is 12.4. The zero-order chi connectivity index (χ0) is 15.9. The molecule has 0 aliphatic rings. The van der Waals surface area contributed by atoms with Crippen LogP contribution in [0.3, 0.4) is 0 Å². The third-order valence-corrected chi connectivity index (χ3v) is 3.14. The van der Waals surface area contributed by atoms with Gasteiger partial charge in [0.05, 0.1) is 25.1 Å². The summed E-state index contributed by atoms with van der Waals surface area (Å²) in [6.07, 6.45) is 3.53. The molecule has 0 radical (unpaired) electrons. The molecule has 0 amide bonds. The topological polar surface area (TPSA) is 34.0 Å². The summed E-state index contributed by atoms with van der Waals surface area (Å²) in [4.78, 5) is 0. The van der Waals surface area contributed by atoms with E-state index in [1.54, 1.807) is 0 Å². The average molecular weight is 302 g/mol. The minimum Gasteiger partial charge on any atom is -0.497 e. The van der Waals surface area contributed by atoms with Crippen LogP contribution in [-0.2, 0) is 6.42 Å². The zero-order valence-electron chi connectivity index (χ0n) is 12.4. The Labute approximate surface area is 128 Å². The van der Waals surface area contributed by atoms with E-state index in [-0.39, 0.29) is 11.3 Å². The Morgan fingerprint density at radius 1 is 1.00 bits per heavy atom. The van der Waals surface area contributed by atoms with Crippen LogP contribution in [-0.4, -0.2) is 19.5 Å². The largest absolute Gasteiger partial charge is 0.497 e. The fourth-order valence-electron chi connectivity index (χ4n) is 1.83. The van der Waals surface area contributed by atoms with E-state index >= 15 is 0 Å². The van der Waals surface area contributed by atoms with Gasteiger partial charge >= 0.3 is 0 Å². The van der Waals surface area contributed by atoms with Gasteiger partial charge in [-0.2, -0.15) is 10.2 Å². The van der Waals surface area contributed by atoms with Crippen LogP contribution in [0, 0.1) is 11.6 Å². The molecule has 114 valence electrons. The molecule has 0 aliphatic heterocycles. The van der Waals surface area contributed by atoms with Gasteiger partial charge in [0, 0.05) is 12.1 Å². The second-order valence-electron chi connectivity index (χ2n) is 4.59. The first-order valence-corrected chi connectivity index (χ1v) is 6.82. The van der Waals surface area contributed by atoms with Gasteiger partial charge in [-0.25, -0.2) is 8.78 Å². The van der Waals surface area contributed by atoms with Gasteiger partial charge in [-0.3, -0.25) is 0 Å². The van der Waals surface area contributed by atoms with Crippen LogP contribution in [0.4, 0.5) is 8.78 Å². The van der Waals surface area contributed by atoms with Crippen molar-refractivity contribution in [3.8, 4) is 5.75 Å². The molecule has 22 heavy (non-hydrogen) atoms. The maximum absolute atomic E-state index is 13.7. The molecule has 0 N–H and O–H groups in total. The molecular weight excluding hydrogens is 286 g/mol. The molecule has 2 aromatic carbocycles. The number of rotatable bonds is 5. The molecule has 0 saturated heterocycles. The summed E-state index contributed by atoms with van der Waals surface area (Å²) < 4.78 is 32.1. The lowest BCUT2D eigenvalue weighted by atomic mass is 10.1. The second-order valence-corrected chi connectivity index (χ2v) is 4.59. The first-order valence-electron chi connectivity index (χ1n) is 6.82. The summed E-state index contributed by atoms with van der Waals surface area (Å²) in [6, 6.07) is 10.00. The fourth-order valence-corrected chi connectivity index (χ4v) is 1.83. The minimum absolute atomic E-state index is 0.117. The van der Waals surface area contributed by atoms with Crippen molar-refractivity contribution in [2.24, 2.45) is 10.2 Å². The lowest BCUT2D eigenvalue weighted by molar-refractivity contribution is 0.406. The van der Waals surface area contributed by atoms with E-state index in [0.29, 0.717) is 0 Å². The normalized spacial score (nSPS) is 11.5. The molecule has 3 nitrogen and oxygen atoms in total. The quantitative estimate of drug-likeness (QED) is 0.607. The molecule has 0 spiro atoms. The summed E-state index contributed by atoms with van der Waals surface area (Å²) in [7, 11) is 1.34. The number of ether oxygens (including phenoxy) is 1. The highest BCUT2D eigenvalue weighted by atomic mass is 19.1. The summed E-state index contributed by atoms with van der Waals surface area (Å²) in [5.74, 6) is -1.38. The van der Waals surface area contributed by atoms with Crippen molar-refractivity contribution in [3.63, 3.8) is 0 Å². The lowest BCUT2D eigenvalue weighted by Gasteiger charge is -2.02. The predicted octanol–water partition coefficient (Wildman–Crippen LogP) is 3.99. The molecule has 0 atom stereocenters. The number of aryl methyl sites for hydroxylation is 1. The van der Waals surface area contributed by atoms with E-state index in [1.165, 1.54) is 18.9 Å². The summed E-state index contributed by atoms with van der Waals surface area (Å²) in [6.45, 7) is 2.07. The Hall–Kier alpha value is -2.56. The Morgan fingerprint density at radius 2 is 1.59 bits per heavy atom. The van der Waals surface area contributed by atoms with Crippen LogP contribution in [0.2, 0.25) is 0 Å². The number of benzene rings is 2. The Balaban J connectivity index is 2.10. The lowest BCUT2D eigenvalue weighted by Crippen LogP contribution is -1.96. The van der Waals surface area contributed by atoms with Crippen LogP contribution >= 0.6 is 0 Å². The molecule has 0 saturated carbocycles. The van der Waals surface area contributed by atoms with Crippen LogP contribution in [0.5, 0.6) is 5.75 Å². The van der Waals surface area contributed by atoms with Gasteiger partial charge in [-0.15, -0.1) is 0 Å². The number of methoxy groups -OCH3 is 1. The van der Waals surface area contributed by atoms with Crippen molar-refractivity contribution in [3.05, 3.63) is 64.7 Å². The van der Waals surface area contributed by atoms with Gasteiger partial charge in [0.1, 0.15) is 17.4 Å². The smallest absolute Gasteiger partial charge is 0.138 e. The predicted molar refractivity (Wildman–Crippen MR) is 83.9 cm³/mol. The SMILES string of the molecule is CCc1ccc(C=NN=Cc2c(F)cc(OC)cc2F)cc1. The number of hydrogen-bond donors (Lipinski definition) is 0. The molecule has 0 unspecified atom stereocenters. The van der Waals surface area contributed by atoms with Crippen molar-refractivity contribution >= 4 is 12.4 Å². The van der Waals surface area contributed by atoms with Gasteiger partial charge < -0.3 is 4.74 Å². The number of nitrogens with zero attached hydrogens (tertiary/aromatic N) is 2. The van der Waals surface area contributed by atoms with Gasteiger partial charge in [-0.1, -0.05) is 31.2 Å². The Morgan fingerprint density at radius 3 is 2.14 bits per heavy atom. The van der Waals surface area contributed by atoms with Crippen molar-refractivity contribution in [2.45, 2.75) is 13.3 Å². The highest BCUT2D eigenvalue weighted by Gasteiger charge is 2.09. The maximum atomic E-state index is 13.7. The molecule has 0 heterocycles. The van der Waals surface area contributed by atoms with Gasteiger partial charge in [0.15, 0.2) is 0 Å². The molecule has 2 rings (SSSR count). The molecular formula is C17H16F2N2O. The van der Waals surface area contributed by atoms with Crippen LogP contribution in [0.25, 0.3) is 0 Å². The van der Waals surface area contributed by atoms with E-state index < -0.39 is 11.6 Å². The van der Waals surface area contributed by atoms with Gasteiger partial charge in [0.25, 0.3) is 0 Å². The summed E-state index contributed by atoms with van der Waals surface area (Å²) in [5, 5.41) is 7.48. The van der Waals surface area contributed by atoms with E-state index in [2.05, 4.69) is 17.1 Å². The standard InChI is InChI=1S/C17H16F2N2O/c1-3-12-4-6-13(7-5-12)10-20-21-11-15-16(18)8-14(22-2)9-17(15)19/h4-11H,3H2,1-2H3. The highest BCUT2D eigenvalue weighted by molar-refractivity contribution is 5.83. The monoisotopic (exact) mass is 302 g/mol. The van der Waals surface area contributed by atoms with E-state index in [9.17, 15) is 8.78 Å². The molecule has 5 heteroatoms.